The van der Waals surface area contributed by atoms with Crippen LogP contribution in [0.2, 0.25) is 0 Å². The predicted octanol–water partition coefficient (Wildman–Crippen LogP) is 0.852. The highest BCUT2D eigenvalue weighted by Crippen LogP contribution is 2.61. The first-order valence-corrected chi connectivity index (χ1v) is 6.13. The van der Waals surface area contributed by atoms with E-state index in [9.17, 15) is 10.2 Å². The number of piperidine rings is 1. The Morgan fingerprint density at radius 1 is 1.33 bits per heavy atom. The van der Waals surface area contributed by atoms with E-state index in [1.165, 1.54) is 0 Å². The smallest absolute Gasteiger partial charge is 0.0752 e. The van der Waals surface area contributed by atoms with Gasteiger partial charge in [-0.15, -0.1) is 0 Å². The Hall–Kier alpha value is -0.120. The second-order valence-electron chi connectivity index (χ2n) is 5.39. The lowest BCUT2D eigenvalue weighted by molar-refractivity contribution is -0.0994. The molecule has 0 aromatic heterocycles. The first kappa shape index (κ1) is 11.4. The second kappa shape index (κ2) is 3.72. The molecular weight excluding hydrogens is 190 g/mol. The number of nitrogens with zero attached hydrogens (tertiary/aromatic N) is 1. The summed E-state index contributed by atoms with van der Waals surface area (Å²) in [5.41, 5.74) is -0.778. The first-order chi connectivity index (χ1) is 7.08. The largest absolute Gasteiger partial charge is 0.396 e. The van der Waals surface area contributed by atoms with E-state index in [0.717, 1.165) is 38.9 Å². The van der Waals surface area contributed by atoms with Gasteiger partial charge in [0, 0.05) is 18.5 Å². The van der Waals surface area contributed by atoms with Crippen LogP contribution in [0.3, 0.4) is 0 Å². The van der Waals surface area contributed by atoms with E-state index in [1.54, 1.807) is 0 Å². The van der Waals surface area contributed by atoms with Gasteiger partial charge >= 0.3 is 0 Å². The average molecular weight is 213 g/mol. The highest BCUT2D eigenvalue weighted by molar-refractivity contribution is 5.13. The van der Waals surface area contributed by atoms with E-state index in [0.29, 0.717) is 5.92 Å². The summed E-state index contributed by atoms with van der Waals surface area (Å²) in [6, 6.07) is 0. The molecule has 1 aliphatic carbocycles. The highest BCUT2D eigenvalue weighted by Gasteiger charge is 2.63. The van der Waals surface area contributed by atoms with Gasteiger partial charge in [-0.3, -0.25) is 0 Å². The SMILES string of the molecule is CCN1CCC(O)(C2(CO)CC2C)CC1. The molecule has 2 fully saturated rings. The molecule has 0 aromatic carbocycles. The molecule has 1 aliphatic heterocycles. The molecule has 1 saturated heterocycles. The zero-order valence-electron chi connectivity index (χ0n) is 9.87. The van der Waals surface area contributed by atoms with Crippen LogP contribution in [-0.2, 0) is 0 Å². The molecule has 2 rings (SSSR count). The molecule has 88 valence electrons. The second-order valence-corrected chi connectivity index (χ2v) is 5.39. The number of rotatable bonds is 3. The third-order valence-electron chi connectivity index (χ3n) is 4.79. The maximum Gasteiger partial charge on any atom is 0.0752 e. The lowest BCUT2D eigenvalue weighted by Crippen LogP contribution is -2.51. The van der Waals surface area contributed by atoms with Crippen LogP contribution in [0.5, 0.6) is 0 Å². The average Bonchev–Trinajstić information content (AvgIpc) is 2.93. The van der Waals surface area contributed by atoms with Crippen molar-refractivity contribution in [2.45, 2.75) is 38.7 Å². The molecule has 15 heavy (non-hydrogen) atoms. The van der Waals surface area contributed by atoms with Crippen molar-refractivity contribution >= 4 is 0 Å². The van der Waals surface area contributed by atoms with Crippen molar-refractivity contribution in [2.75, 3.05) is 26.2 Å². The molecule has 1 saturated carbocycles. The Balaban J connectivity index is 2.03. The van der Waals surface area contributed by atoms with Gasteiger partial charge in [0.05, 0.1) is 12.2 Å². The summed E-state index contributed by atoms with van der Waals surface area (Å²) in [4.78, 5) is 2.37. The standard InChI is InChI=1S/C12H23NO2/c1-3-13-6-4-12(15,5-7-13)11(9-14)8-10(11)2/h10,14-15H,3-9H2,1-2H3. The Morgan fingerprint density at radius 3 is 2.20 bits per heavy atom. The zero-order chi connectivity index (χ0) is 11.1. The van der Waals surface area contributed by atoms with E-state index in [1.807, 2.05) is 0 Å². The van der Waals surface area contributed by atoms with E-state index in [4.69, 9.17) is 0 Å². The van der Waals surface area contributed by atoms with Gasteiger partial charge in [0.25, 0.3) is 0 Å². The van der Waals surface area contributed by atoms with Gasteiger partial charge in [-0.2, -0.15) is 0 Å². The van der Waals surface area contributed by atoms with Crippen LogP contribution >= 0.6 is 0 Å². The van der Waals surface area contributed by atoms with Crippen molar-refractivity contribution in [2.24, 2.45) is 11.3 Å². The third kappa shape index (κ3) is 1.61. The van der Waals surface area contributed by atoms with Crippen LogP contribution in [-0.4, -0.2) is 47.0 Å². The molecule has 0 aromatic rings. The lowest BCUT2D eigenvalue weighted by Gasteiger charge is -2.43. The van der Waals surface area contributed by atoms with E-state index < -0.39 is 5.60 Å². The number of aliphatic hydroxyl groups excluding tert-OH is 1. The minimum Gasteiger partial charge on any atom is -0.396 e. The maximum atomic E-state index is 10.7. The Morgan fingerprint density at radius 2 is 1.87 bits per heavy atom. The summed E-state index contributed by atoms with van der Waals surface area (Å²) in [7, 11) is 0. The molecule has 3 nitrogen and oxygen atoms in total. The number of aliphatic hydroxyl groups is 2. The molecule has 1 heterocycles. The Bertz CT molecular complexity index is 232. The van der Waals surface area contributed by atoms with Gasteiger partial charge in [0.2, 0.25) is 0 Å². The van der Waals surface area contributed by atoms with Crippen molar-refractivity contribution < 1.29 is 10.2 Å². The van der Waals surface area contributed by atoms with Gasteiger partial charge < -0.3 is 15.1 Å². The van der Waals surface area contributed by atoms with Gasteiger partial charge in [-0.25, -0.2) is 0 Å². The molecule has 0 amide bonds. The molecule has 2 aliphatic rings. The zero-order valence-corrected chi connectivity index (χ0v) is 9.87. The summed E-state index contributed by atoms with van der Waals surface area (Å²) in [6.07, 6.45) is 2.64. The molecular formula is C12H23NO2. The van der Waals surface area contributed by atoms with Crippen LogP contribution in [0, 0.1) is 11.3 Å². The van der Waals surface area contributed by atoms with Crippen LogP contribution in [0.15, 0.2) is 0 Å². The fourth-order valence-electron chi connectivity index (χ4n) is 3.24. The Kier molecular flexibility index (Phi) is 2.82. The molecule has 2 atom stereocenters. The first-order valence-electron chi connectivity index (χ1n) is 6.13. The topological polar surface area (TPSA) is 43.7 Å². The fraction of sp³-hybridized carbons (Fsp3) is 1.00. The maximum absolute atomic E-state index is 10.7. The normalized spacial score (nSPS) is 40.4. The lowest BCUT2D eigenvalue weighted by atomic mass is 9.76. The monoisotopic (exact) mass is 213 g/mol. The number of hydrogen-bond acceptors (Lipinski definition) is 3. The van der Waals surface area contributed by atoms with Crippen LogP contribution < -0.4 is 0 Å². The highest BCUT2D eigenvalue weighted by atomic mass is 16.3. The molecule has 2 unspecified atom stereocenters. The molecule has 0 radical (unpaired) electrons. The molecule has 0 bridgehead atoms. The molecule has 2 N–H and O–H groups in total. The van der Waals surface area contributed by atoms with Crippen molar-refractivity contribution in [1.82, 2.24) is 4.90 Å². The van der Waals surface area contributed by atoms with Crippen molar-refractivity contribution in [3.05, 3.63) is 0 Å². The molecule has 0 spiro atoms. The fourth-order valence-corrected chi connectivity index (χ4v) is 3.24. The van der Waals surface area contributed by atoms with Gasteiger partial charge in [0.1, 0.15) is 0 Å². The third-order valence-corrected chi connectivity index (χ3v) is 4.79. The minimum absolute atomic E-state index is 0.150. The summed E-state index contributed by atoms with van der Waals surface area (Å²) in [5.74, 6) is 0.487. The van der Waals surface area contributed by atoms with Crippen molar-refractivity contribution in [3.8, 4) is 0 Å². The van der Waals surface area contributed by atoms with Gasteiger partial charge in [0.15, 0.2) is 0 Å². The summed E-state index contributed by atoms with van der Waals surface area (Å²) in [6.45, 7) is 7.46. The number of hydrogen-bond donors (Lipinski definition) is 2. The van der Waals surface area contributed by atoms with Crippen LogP contribution in [0.4, 0.5) is 0 Å². The Labute approximate surface area is 92.1 Å². The van der Waals surface area contributed by atoms with Gasteiger partial charge in [-0.05, 0) is 31.7 Å². The molecule has 3 heteroatoms. The van der Waals surface area contributed by atoms with Crippen molar-refractivity contribution in [3.63, 3.8) is 0 Å². The number of likely N-dealkylation sites (tertiary alicyclic amines) is 1. The van der Waals surface area contributed by atoms with E-state index in [-0.39, 0.29) is 12.0 Å². The quantitative estimate of drug-likeness (QED) is 0.730. The van der Waals surface area contributed by atoms with Crippen molar-refractivity contribution in [1.29, 1.82) is 0 Å². The minimum atomic E-state index is -0.604. The van der Waals surface area contributed by atoms with Gasteiger partial charge in [-0.1, -0.05) is 13.8 Å². The van der Waals surface area contributed by atoms with E-state index >= 15 is 0 Å². The summed E-state index contributed by atoms with van der Waals surface area (Å²) >= 11 is 0. The summed E-state index contributed by atoms with van der Waals surface area (Å²) in [5, 5.41) is 20.2. The van der Waals surface area contributed by atoms with Crippen LogP contribution in [0.1, 0.15) is 33.1 Å². The predicted molar refractivity (Wildman–Crippen MR) is 59.6 cm³/mol. The van der Waals surface area contributed by atoms with Crippen LogP contribution in [0.25, 0.3) is 0 Å². The van der Waals surface area contributed by atoms with E-state index in [2.05, 4.69) is 18.7 Å². The summed E-state index contributed by atoms with van der Waals surface area (Å²) < 4.78 is 0.